The topological polar surface area (TPSA) is 107 Å². The molecule has 3 saturated heterocycles. The maximum atomic E-state index is 16.9. The largest absolute Gasteiger partial charge is 0.508 e. The number of phenolic OH excluding ortho intramolecular Hbond substituents is 1. The van der Waals surface area contributed by atoms with E-state index in [1.165, 1.54) is 12.3 Å². The van der Waals surface area contributed by atoms with Crippen LogP contribution in [0.4, 0.5) is 14.6 Å². The van der Waals surface area contributed by atoms with Crippen molar-refractivity contribution in [3.8, 4) is 35.4 Å². The van der Waals surface area contributed by atoms with Crippen LogP contribution in [0, 0.1) is 18.2 Å². The van der Waals surface area contributed by atoms with Gasteiger partial charge >= 0.3 is 6.01 Å². The van der Waals surface area contributed by atoms with Crippen LogP contribution in [0.3, 0.4) is 0 Å². The van der Waals surface area contributed by atoms with E-state index in [0.29, 0.717) is 59.3 Å². The number of amides is 1. The standard InChI is InChI=1S/C36H37F2N7O3/c1-4-23-8-5-9-24-16-26(46)17-27(29(23)24)31-30(38)32-28(18-39-31)33(44-15-14-43(3)19-25(20-44)40-34(47)22(2)37)42-35(41-32)48-21-36-10-6-12-45(36)13-7-11-36/h1,5,8-9,16-18,25,46H,2,6-7,10-15,19-21H2,3H3,(H,40,47). The quantitative estimate of drug-likeness (QED) is 0.222. The molecule has 2 aromatic carbocycles. The van der Waals surface area contributed by atoms with Gasteiger partial charge in [-0.2, -0.15) is 9.97 Å². The molecule has 2 aromatic heterocycles. The first-order chi connectivity index (χ1) is 23.2. The number of aromatic hydroxyl groups is 1. The van der Waals surface area contributed by atoms with Crippen molar-refractivity contribution in [3.05, 3.63) is 60.3 Å². The van der Waals surface area contributed by atoms with Crippen molar-refractivity contribution in [1.82, 2.24) is 30.1 Å². The average molecular weight is 654 g/mol. The van der Waals surface area contributed by atoms with Crippen LogP contribution in [0.2, 0.25) is 0 Å². The van der Waals surface area contributed by atoms with Crippen molar-refractivity contribution in [2.75, 3.05) is 57.8 Å². The van der Waals surface area contributed by atoms with Crippen LogP contribution in [0.15, 0.2) is 48.9 Å². The number of pyridine rings is 1. The van der Waals surface area contributed by atoms with Gasteiger partial charge in [-0.1, -0.05) is 24.6 Å². The molecule has 12 heteroatoms. The molecule has 0 aliphatic carbocycles. The second kappa shape index (κ2) is 12.6. The molecule has 0 bridgehead atoms. The van der Waals surface area contributed by atoms with Gasteiger partial charge < -0.3 is 25.0 Å². The van der Waals surface area contributed by atoms with Crippen LogP contribution in [-0.4, -0.2) is 100 Å². The average Bonchev–Trinajstić information content (AvgIpc) is 3.60. The number of aromatic nitrogens is 3. The Morgan fingerprint density at radius 3 is 2.73 bits per heavy atom. The third kappa shape index (κ3) is 5.77. The van der Waals surface area contributed by atoms with Gasteiger partial charge in [0.15, 0.2) is 11.6 Å². The molecule has 48 heavy (non-hydrogen) atoms. The van der Waals surface area contributed by atoms with Gasteiger partial charge in [0, 0.05) is 48.9 Å². The summed E-state index contributed by atoms with van der Waals surface area (Å²) < 4.78 is 37.0. The fraction of sp³-hybridized carbons (Fsp3) is 0.389. The second-order valence-electron chi connectivity index (χ2n) is 13.0. The summed E-state index contributed by atoms with van der Waals surface area (Å²) in [5.74, 6) is 0.316. The molecular weight excluding hydrogens is 616 g/mol. The smallest absolute Gasteiger partial charge is 0.319 e. The van der Waals surface area contributed by atoms with E-state index in [4.69, 9.17) is 16.1 Å². The number of benzene rings is 2. The molecule has 248 valence electrons. The second-order valence-corrected chi connectivity index (χ2v) is 13.0. The number of anilines is 1. The van der Waals surface area contributed by atoms with E-state index in [1.54, 1.807) is 24.3 Å². The third-order valence-corrected chi connectivity index (χ3v) is 9.90. The van der Waals surface area contributed by atoms with Gasteiger partial charge in [-0.25, -0.2) is 8.78 Å². The summed E-state index contributed by atoms with van der Waals surface area (Å²) in [4.78, 5) is 32.7. The maximum Gasteiger partial charge on any atom is 0.319 e. The molecule has 0 radical (unpaired) electrons. The predicted octanol–water partition coefficient (Wildman–Crippen LogP) is 4.40. The zero-order valence-corrected chi connectivity index (χ0v) is 26.8. The van der Waals surface area contributed by atoms with E-state index in [0.717, 1.165) is 38.8 Å². The molecule has 2 N–H and O–H groups in total. The molecule has 5 heterocycles. The monoisotopic (exact) mass is 653 g/mol. The van der Waals surface area contributed by atoms with E-state index in [1.807, 2.05) is 16.8 Å². The first-order valence-corrected chi connectivity index (χ1v) is 16.2. The zero-order chi connectivity index (χ0) is 33.6. The van der Waals surface area contributed by atoms with Crippen molar-refractivity contribution in [2.45, 2.75) is 37.3 Å². The first kappa shape index (κ1) is 31.7. The van der Waals surface area contributed by atoms with Crippen molar-refractivity contribution < 1.29 is 23.4 Å². The Balaban J connectivity index is 1.36. The van der Waals surface area contributed by atoms with Gasteiger partial charge in [-0.15, -0.1) is 6.42 Å². The highest BCUT2D eigenvalue weighted by molar-refractivity contribution is 6.02. The van der Waals surface area contributed by atoms with Gasteiger partial charge in [0.05, 0.1) is 17.0 Å². The fourth-order valence-corrected chi connectivity index (χ4v) is 7.62. The maximum absolute atomic E-state index is 16.9. The van der Waals surface area contributed by atoms with E-state index in [-0.39, 0.29) is 35.1 Å². The summed E-state index contributed by atoms with van der Waals surface area (Å²) in [6, 6.07) is 7.90. The molecule has 4 aromatic rings. The minimum absolute atomic E-state index is 0.00259. The molecule has 7 rings (SSSR count). The highest BCUT2D eigenvalue weighted by atomic mass is 19.1. The van der Waals surface area contributed by atoms with E-state index < -0.39 is 23.6 Å². The normalized spacial score (nSPS) is 19.6. The van der Waals surface area contributed by atoms with Crippen LogP contribution in [0.1, 0.15) is 31.2 Å². The molecule has 3 fully saturated rings. The number of hydrogen-bond acceptors (Lipinski definition) is 9. The number of phenols is 1. The number of carbonyl (C=O) groups excluding carboxylic acids is 1. The van der Waals surface area contributed by atoms with Gasteiger partial charge in [0.25, 0.3) is 5.91 Å². The molecule has 0 spiro atoms. The summed E-state index contributed by atoms with van der Waals surface area (Å²) in [6.45, 7) is 7.34. The van der Waals surface area contributed by atoms with Crippen LogP contribution in [0.5, 0.6) is 11.8 Å². The van der Waals surface area contributed by atoms with Crippen LogP contribution >= 0.6 is 0 Å². The van der Waals surface area contributed by atoms with Crippen molar-refractivity contribution in [1.29, 1.82) is 0 Å². The zero-order valence-electron chi connectivity index (χ0n) is 26.8. The summed E-state index contributed by atoms with van der Waals surface area (Å²) in [6.07, 6.45) is 11.5. The lowest BCUT2D eigenvalue weighted by Gasteiger charge is -2.31. The number of carbonyl (C=O) groups is 1. The Bertz CT molecular complexity index is 1970. The van der Waals surface area contributed by atoms with E-state index >= 15 is 4.39 Å². The molecule has 1 atom stereocenters. The van der Waals surface area contributed by atoms with E-state index in [9.17, 15) is 14.3 Å². The molecule has 3 aliphatic heterocycles. The Morgan fingerprint density at radius 1 is 1.19 bits per heavy atom. The number of ether oxygens (including phenoxy) is 1. The molecule has 10 nitrogen and oxygen atoms in total. The number of terminal acetylenes is 1. The van der Waals surface area contributed by atoms with Crippen LogP contribution in [-0.2, 0) is 4.79 Å². The minimum Gasteiger partial charge on any atom is -0.508 e. The number of halogens is 2. The fourth-order valence-electron chi connectivity index (χ4n) is 7.62. The Kier molecular flexibility index (Phi) is 8.35. The summed E-state index contributed by atoms with van der Waals surface area (Å²) in [5, 5.41) is 14.9. The van der Waals surface area contributed by atoms with Gasteiger partial charge in [0.1, 0.15) is 29.4 Å². The number of hydrogen-bond donors (Lipinski definition) is 2. The SMILES string of the molecule is C#Cc1cccc2cc(O)cc(-c3ncc4c(N5CCN(C)CC(NC(=O)C(=C)F)C5)nc(OCC56CCCN5CCC6)nc4c3F)c12. The molecule has 3 aliphatic rings. The third-order valence-electron chi connectivity index (χ3n) is 9.90. The summed E-state index contributed by atoms with van der Waals surface area (Å²) in [7, 11) is 1.91. The predicted molar refractivity (Wildman–Crippen MR) is 180 cm³/mol. The summed E-state index contributed by atoms with van der Waals surface area (Å²) in [5.41, 5.74) is 0.739. The molecule has 0 saturated carbocycles. The molecular formula is C36H37F2N7O3. The number of rotatable bonds is 7. The van der Waals surface area contributed by atoms with Crippen molar-refractivity contribution >= 4 is 33.4 Å². The molecule has 1 amide bonds. The first-order valence-electron chi connectivity index (χ1n) is 16.2. The van der Waals surface area contributed by atoms with Gasteiger partial charge in [-0.05, 0) is 69.4 Å². The lowest BCUT2D eigenvalue weighted by Crippen LogP contribution is -2.46. The number of nitrogens with zero attached hydrogens (tertiary/aromatic N) is 6. The highest BCUT2D eigenvalue weighted by Gasteiger charge is 2.45. The van der Waals surface area contributed by atoms with E-state index in [2.05, 4.69) is 32.7 Å². The highest BCUT2D eigenvalue weighted by Crippen LogP contribution is 2.40. The summed E-state index contributed by atoms with van der Waals surface area (Å²) >= 11 is 0. The van der Waals surface area contributed by atoms with Crippen molar-refractivity contribution in [3.63, 3.8) is 0 Å². The van der Waals surface area contributed by atoms with Gasteiger partial charge in [0.2, 0.25) is 0 Å². The number of likely N-dealkylation sites (N-methyl/N-ethyl adjacent to an activating group) is 1. The van der Waals surface area contributed by atoms with Gasteiger partial charge in [-0.3, -0.25) is 14.7 Å². The van der Waals surface area contributed by atoms with Crippen LogP contribution < -0.4 is 15.0 Å². The number of nitrogens with one attached hydrogen (secondary N) is 1. The number of fused-ring (bicyclic) bond motifs is 3. The Labute approximate surface area is 277 Å². The van der Waals surface area contributed by atoms with Crippen molar-refractivity contribution in [2.24, 2.45) is 0 Å². The lowest BCUT2D eigenvalue weighted by atomic mass is 9.95. The molecule has 1 unspecified atom stereocenters. The van der Waals surface area contributed by atoms with Crippen LogP contribution in [0.25, 0.3) is 32.9 Å². The Morgan fingerprint density at radius 2 is 1.98 bits per heavy atom. The minimum atomic E-state index is -1.07. The Hall–Kier alpha value is -4.86. The lowest BCUT2D eigenvalue weighted by molar-refractivity contribution is -0.119.